The molecule has 0 aliphatic heterocycles. The quantitative estimate of drug-likeness (QED) is 0.250. The normalized spacial score (nSPS) is 12.2. The van der Waals surface area contributed by atoms with Gasteiger partial charge < -0.3 is 14.1 Å². The highest BCUT2D eigenvalue weighted by Gasteiger charge is 2.31. The molecule has 41 heavy (non-hydrogen) atoms. The number of aromatic nitrogens is 5. The Morgan fingerprint density at radius 1 is 0.951 bits per heavy atom. The molecular weight excluding hydrogens is 516 g/mol. The highest BCUT2D eigenvalue weighted by atomic mass is 16.5. The molecule has 3 aromatic carbocycles. The summed E-state index contributed by atoms with van der Waals surface area (Å²) in [6.07, 6.45) is 1.66. The molecule has 0 bridgehead atoms. The number of ether oxygens (including phenoxy) is 1. The molecular formula is C32H30N6O3. The lowest BCUT2D eigenvalue weighted by Crippen LogP contribution is -2.35. The summed E-state index contributed by atoms with van der Waals surface area (Å²) < 4.78 is 12.8. The van der Waals surface area contributed by atoms with Crippen LogP contribution in [0.1, 0.15) is 39.9 Å². The molecule has 0 aliphatic carbocycles. The largest absolute Gasteiger partial charge is 0.497 e. The molecule has 6 aromatic rings. The molecule has 0 unspecified atom stereocenters. The van der Waals surface area contributed by atoms with Crippen LogP contribution in [0.4, 0.5) is 0 Å². The van der Waals surface area contributed by atoms with Crippen molar-refractivity contribution in [1.29, 1.82) is 0 Å². The molecule has 0 aliphatic rings. The van der Waals surface area contributed by atoms with Crippen LogP contribution in [0.15, 0.2) is 106 Å². The lowest BCUT2D eigenvalue weighted by Gasteiger charge is -2.30. The Bertz CT molecular complexity index is 1790. The minimum absolute atomic E-state index is 0.187. The van der Waals surface area contributed by atoms with E-state index >= 15 is 0 Å². The summed E-state index contributed by atoms with van der Waals surface area (Å²) in [5.41, 5.74) is 4.28. The molecule has 1 N–H and O–H groups in total. The average molecular weight is 547 g/mol. The molecule has 206 valence electrons. The van der Waals surface area contributed by atoms with E-state index in [1.807, 2.05) is 85.8 Å². The monoisotopic (exact) mass is 546 g/mol. The molecule has 0 spiro atoms. The van der Waals surface area contributed by atoms with Gasteiger partial charge in [-0.25, -0.2) is 4.68 Å². The molecule has 9 nitrogen and oxygen atoms in total. The highest BCUT2D eigenvalue weighted by molar-refractivity contribution is 5.82. The van der Waals surface area contributed by atoms with Crippen LogP contribution < -0.4 is 10.3 Å². The number of nitrogens with one attached hydrogen (secondary N) is 1. The van der Waals surface area contributed by atoms with Crippen LogP contribution in [0.25, 0.3) is 10.9 Å². The molecule has 0 fully saturated rings. The summed E-state index contributed by atoms with van der Waals surface area (Å²) in [7, 11) is 1.64. The van der Waals surface area contributed by atoms with Crippen LogP contribution in [-0.4, -0.2) is 37.2 Å². The number of rotatable bonds is 10. The zero-order valence-corrected chi connectivity index (χ0v) is 22.9. The summed E-state index contributed by atoms with van der Waals surface area (Å²) in [5, 5.41) is 13.9. The Hall–Kier alpha value is -5.02. The number of nitrogens with zero attached hydrogens (tertiary/aromatic N) is 5. The summed E-state index contributed by atoms with van der Waals surface area (Å²) >= 11 is 0. The summed E-state index contributed by atoms with van der Waals surface area (Å²) in [6, 6.07) is 29.1. The van der Waals surface area contributed by atoms with E-state index in [9.17, 15) is 4.79 Å². The second-order valence-electron chi connectivity index (χ2n) is 10.0. The number of hydrogen-bond donors (Lipinski definition) is 1. The van der Waals surface area contributed by atoms with Crippen LogP contribution in [0.2, 0.25) is 0 Å². The van der Waals surface area contributed by atoms with Gasteiger partial charge in [0.05, 0.1) is 32.0 Å². The number of furan rings is 1. The Balaban J connectivity index is 1.50. The van der Waals surface area contributed by atoms with Gasteiger partial charge in [-0.3, -0.25) is 9.69 Å². The van der Waals surface area contributed by atoms with Crippen molar-refractivity contribution in [2.75, 3.05) is 7.11 Å². The van der Waals surface area contributed by atoms with E-state index < -0.39 is 6.04 Å². The van der Waals surface area contributed by atoms with Crippen LogP contribution in [0, 0.1) is 6.92 Å². The number of tetrazole rings is 1. The highest BCUT2D eigenvalue weighted by Crippen LogP contribution is 2.31. The smallest absolute Gasteiger partial charge is 0.253 e. The third-order valence-electron chi connectivity index (χ3n) is 7.24. The van der Waals surface area contributed by atoms with Gasteiger partial charge in [0.2, 0.25) is 0 Å². The van der Waals surface area contributed by atoms with Gasteiger partial charge in [-0.15, -0.1) is 5.10 Å². The van der Waals surface area contributed by atoms with E-state index in [1.54, 1.807) is 18.1 Å². The summed E-state index contributed by atoms with van der Waals surface area (Å²) in [4.78, 5) is 19.1. The Labute approximate surface area is 237 Å². The number of fused-ring (bicyclic) bond motifs is 1. The second-order valence-corrected chi connectivity index (χ2v) is 10.0. The lowest BCUT2D eigenvalue weighted by molar-refractivity contribution is 0.179. The van der Waals surface area contributed by atoms with E-state index in [2.05, 4.69) is 37.5 Å². The van der Waals surface area contributed by atoms with Crippen molar-refractivity contribution < 1.29 is 9.15 Å². The maximum absolute atomic E-state index is 13.8. The number of methoxy groups -OCH3 is 1. The molecule has 0 radical (unpaired) electrons. The van der Waals surface area contributed by atoms with Gasteiger partial charge in [-0.05, 0) is 69.8 Å². The standard InChI is InChI=1S/C32H30N6O3/c1-22-8-6-11-25-18-28(32(39)33-29(22)25)30(31-34-35-36-38(31)20-24-13-15-26(40-2)16-14-24)37(21-27-12-7-17-41-27)19-23-9-4-3-5-10-23/h3-18,30H,19-21H2,1-2H3,(H,33,39)/t30-/m1/s1. The molecule has 3 aromatic heterocycles. The number of aryl methyl sites for hydroxylation is 1. The minimum Gasteiger partial charge on any atom is -0.497 e. The van der Waals surface area contributed by atoms with E-state index in [4.69, 9.17) is 9.15 Å². The van der Waals surface area contributed by atoms with Crippen molar-refractivity contribution in [1.82, 2.24) is 30.1 Å². The predicted molar refractivity (Wildman–Crippen MR) is 155 cm³/mol. The van der Waals surface area contributed by atoms with Crippen molar-refractivity contribution in [3.63, 3.8) is 0 Å². The third kappa shape index (κ3) is 5.66. The average Bonchev–Trinajstić information content (AvgIpc) is 3.67. The van der Waals surface area contributed by atoms with Crippen molar-refractivity contribution in [3.05, 3.63) is 141 Å². The molecule has 3 heterocycles. The molecule has 0 saturated heterocycles. The van der Waals surface area contributed by atoms with Gasteiger partial charge >= 0.3 is 0 Å². The van der Waals surface area contributed by atoms with Gasteiger partial charge in [-0.1, -0.05) is 60.7 Å². The first kappa shape index (κ1) is 26.2. The van der Waals surface area contributed by atoms with E-state index in [-0.39, 0.29) is 5.56 Å². The number of hydrogen-bond acceptors (Lipinski definition) is 7. The second kappa shape index (κ2) is 11.6. The van der Waals surface area contributed by atoms with Crippen LogP contribution in [-0.2, 0) is 19.6 Å². The maximum Gasteiger partial charge on any atom is 0.253 e. The van der Waals surface area contributed by atoms with Crippen molar-refractivity contribution in [3.8, 4) is 5.75 Å². The van der Waals surface area contributed by atoms with Gasteiger partial charge in [0.1, 0.15) is 17.6 Å². The Kier molecular flexibility index (Phi) is 7.42. The minimum atomic E-state index is -0.581. The van der Waals surface area contributed by atoms with Crippen molar-refractivity contribution >= 4 is 10.9 Å². The van der Waals surface area contributed by atoms with Crippen molar-refractivity contribution in [2.45, 2.75) is 32.6 Å². The fourth-order valence-electron chi connectivity index (χ4n) is 5.19. The molecule has 1 atom stereocenters. The number of aromatic amines is 1. The number of para-hydroxylation sites is 1. The van der Waals surface area contributed by atoms with Gasteiger partial charge in [0.15, 0.2) is 5.82 Å². The van der Waals surface area contributed by atoms with Gasteiger partial charge in [0, 0.05) is 12.1 Å². The fourth-order valence-corrected chi connectivity index (χ4v) is 5.19. The molecule has 0 saturated carbocycles. The van der Waals surface area contributed by atoms with E-state index in [0.717, 1.165) is 39.1 Å². The Morgan fingerprint density at radius 3 is 2.54 bits per heavy atom. The summed E-state index contributed by atoms with van der Waals surface area (Å²) in [6.45, 7) is 3.39. The first-order valence-corrected chi connectivity index (χ1v) is 13.4. The number of pyridine rings is 1. The fraction of sp³-hybridized carbons (Fsp3) is 0.188. The van der Waals surface area contributed by atoms with Crippen LogP contribution >= 0.6 is 0 Å². The number of benzene rings is 3. The molecule has 0 amide bonds. The predicted octanol–water partition coefficient (Wildman–Crippen LogP) is 5.26. The van der Waals surface area contributed by atoms with Gasteiger partial charge in [-0.2, -0.15) is 0 Å². The topological polar surface area (TPSA) is 102 Å². The molecule has 6 rings (SSSR count). The van der Waals surface area contributed by atoms with Crippen LogP contribution in [0.3, 0.4) is 0 Å². The van der Waals surface area contributed by atoms with Gasteiger partial charge in [0.25, 0.3) is 5.56 Å². The molecule has 9 heteroatoms. The number of H-pyrrole nitrogens is 1. The first-order chi connectivity index (χ1) is 20.1. The SMILES string of the molecule is COc1ccc(Cn2nnnc2[C@@H](c2cc3cccc(C)c3[nH]c2=O)N(Cc2ccccc2)Cc2ccco2)cc1. The zero-order chi connectivity index (χ0) is 28.2. The zero-order valence-electron chi connectivity index (χ0n) is 22.9. The lowest BCUT2D eigenvalue weighted by atomic mass is 10.0. The maximum atomic E-state index is 13.8. The summed E-state index contributed by atoms with van der Waals surface area (Å²) in [5.74, 6) is 2.10. The third-order valence-corrected chi connectivity index (χ3v) is 7.24. The first-order valence-electron chi connectivity index (χ1n) is 13.4. The van der Waals surface area contributed by atoms with E-state index in [1.165, 1.54) is 0 Å². The van der Waals surface area contributed by atoms with Crippen LogP contribution in [0.5, 0.6) is 5.75 Å². The van der Waals surface area contributed by atoms with Crippen molar-refractivity contribution in [2.24, 2.45) is 0 Å². The van der Waals surface area contributed by atoms with E-state index in [0.29, 0.717) is 31.0 Å². The Morgan fingerprint density at radius 2 is 1.78 bits per heavy atom.